The summed E-state index contributed by atoms with van der Waals surface area (Å²) in [6.07, 6.45) is -2.91. The molecule has 0 radical (unpaired) electrons. The molecule has 0 N–H and O–H groups in total. The van der Waals surface area contributed by atoms with E-state index in [1.54, 1.807) is 12.1 Å². The number of carbonyl (C=O) groups is 1. The van der Waals surface area contributed by atoms with E-state index in [4.69, 9.17) is 4.79 Å². The Hall–Kier alpha value is -1.52. The molecule has 1 aromatic rings. The van der Waals surface area contributed by atoms with Crippen molar-refractivity contribution in [3.05, 3.63) is 29.8 Å². The molecule has 0 saturated carbocycles. The van der Waals surface area contributed by atoms with Crippen molar-refractivity contribution in [1.29, 1.82) is 0 Å². The highest BCUT2D eigenvalue weighted by Crippen LogP contribution is 2.25. The van der Waals surface area contributed by atoms with Gasteiger partial charge in [-0.2, -0.15) is 0 Å². The van der Waals surface area contributed by atoms with E-state index in [2.05, 4.69) is 4.74 Å². The Morgan fingerprint density at radius 1 is 1.28 bits per heavy atom. The minimum absolute atomic E-state index is 0.172. The van der Waals surface area contributed by atoms with Crippen molar-refractivity contribution in [1.82, 2.24) is 0 Å². The standard InChI is InChI=1S/C11H13F3O.C2H4O/c1-3-8(2)9-4-6-10(7-5-9)15-11(12,13)14;1-2-3/h4-8H,3H2,1-2H3;2H,1H3. The normalized spacial score (nSPS) is 12.1. The van der Waals surface area contributed by atoms with E-state index in [9.17, 15) is 13.2 Å². The summed E-state index contributed by atoms with van der Waals surface area (Å²) in [7, 11) is 0. The highest BCUT2D eigenvalue weighted by atomic mass is 19.4. The second-order valence-corrected chi connectivity index (χ2v) is 3.66. The Kier molecular flexibility index (Phi) is 7.08. The van der Waals surface area contributed by atoms with Crippen LogP contribution in [0.5, 0.6) is 5.75 Å². The minimum Gasteiger partial charge on any atom is -0.406 e. The fraction of sp³-hybridized carbons (Fsp3) is 0.462. The molecule has 0 heterocycles. The fourth-order valence-electron chi connectivity index (χ4n) is 1.23. The van der Waals surface area contributed by atoms with Crippen LogP contribution in [-0.4, -0.2) is 12.6 Å². The van der Waals surface area contributed by atoms with Gasteiger partial charge in [0.05, 0.1) is 0 Å². The van der Waals surface area contributed by atoms with Gasteiger partial charge in [-0.15, -0.1) is 13.2 Å². The number of rotatable bonds is 3. The summed E-state index contributed by atoms with van der Waals surface area (Å²) in [5.74, 6) is 0.180. The van der Waals surface area contributed by atoms with Gasteiger partial charge >= 0.3 is 6.36 Å². The predicted molar refractivity (Wildman–Crippen MR) is 63.6 cm³/mol. The number of carbonyl (C=O) groups excluding carboxylic acids is 1. The largest absolute Gasteiger partial charge is 0.573 e. The Morgan fingerprint density at radius 2 is 1.72 bits per heavy atom. The lowest BCUT2D eigenvalue weighted by Gasteiger charge is -2.11. The maximum Gasteiger partial charge on any atom is 0.573 e. The van der Waals surface area contributed by atoms with Gasteiger partial charge in [0.25, 0.3) is 0 Å². The lowest BCUT2D eigenvalue weighted by atomic mass is 9.99. The van der Waals surface area contributed by atoms with E-state index in [0.29, 0.717) is 5.92 Å². The third-order valence-corrected chi connectivity index (χ3v) is 2.30. The molecule has 1 rings (SSSR count). The predicted octanol–water partition coefficient (Wildman–Crippen LogP) is 4.30. The Balaban J connectivity index is 0.000000873. The number of hydrogen-bond acceptors (Lipinski definition) is 2. The first-order valence-electron chi connectivity index (χ1n) is 5.59. The molecule has 18 heavy (non-hydrogen) atoms. The molecule has 1 aromatic carbocycles. The average Bonchev–Trinajstić information content (AvgIpc) is 2.28. The molecule has 1 atom stereocenters. The zero-order chi connectivity index (χ0) is 14.2. The second kappa shape index (κ2) is 7.74. The van der Waals surface area contributed by atoms with Gasteiger partial charge in [0.1, 0.15) is 12.0 Å². The molecule has 0 aliphatic rings. The van der Waals surface area contributed by atoms with Crippen LogP contribution in [0.2, 0.25) is 0 Å². The summed E-state index contributed by atoms with van der Waals surface area (Å²) in [5, 5.41) is 0. The quantitative estimate of drug-likeness (QED) is 0.759. The number of hydrogen-bond donors (Lipinski definition) is 0. The Morgan fingerprint density at radius 3 is 2.06 bits per heavy atom. The molecule has 0 amide bonds. The summed E-state index contributed by atoms with van der Waals surface area (Å²) in [4.78, 5) is 8.81. The lowest BCUT2D eigenvalue weighted by molar-refractivity contribution is -0.274. The smallest absolute Gasteiger partial charge is 0.406 e. The first-order chi connectivity index (χ1) is 8.34. The van der Waals surface area contributed by atoms with Crippen molar-refractivity contribution in [2.45, 2.75) is 39.5 Å². The van der Waals surface area contributed by atoms with E-state index in [0.717, 1.165) is 18.3 Å². The number of benzene rings is 1. The zero-order valence-corrected chi connectivity index (χ0v) is 10.6. The Labute approximate surface area is 105 Å². The molecular weight excluding hydrogens is 245 g/mol. The van der Waals surface area contributed by atoms with Crippen LogP contribution in [0.25, 0.3) is 0 Å². The van der Waals surface area contributed by atoms with Crippen LogP contribution in [0.1, 0.15) is 38.7 Å². The first kappa shape index (κ1) is 16.5. The minimum atomic E-state index is -4.61. The van der Waals surface area contributed by atoms with E-state index in [1.807, 2.05) is 13.8 Å². The molecule has 0 aliphatic heterocycles. The molecule has 0 spiro atoms. The Bertz CT molecular complexity index is 344. The molecule has 0 aliphatic carbocycles. The van der Waals surface area contributed by atoms with Gasteiger partial charge in [-0.05, 0) is 37.0 Å². The van der Waals surface area contributed by atoms with E-state index < -0.39 is 6.36 Å². The summed E-state index contributed by atoms with van der Waals surface area (Å²) in [6, 6.07) is 6.01. The van der Waals surface area contributed by atoms with Crippen LogP contribution < -0.4 is 4.74 Å². The molecule has 0 bridgehead atoms. The fourth-order valence-corrected chi connectivity index (χ4v) is 1.23. The number of halogens is 3. The summed E-state index contributed by atoms with van der Waals surface area (Å²) < 4.78 is 39.3. The van der Waals surface area contributed by atoms with Crippen LogP contribution >= 0.6 is 0 Å². The van der Waals surface area contributed by atoms with Crippen LogP contribution in [0.3, 0.4) is 0 Å². The topological polar surface area (TPSA) is 26.3 Å². The van der Waals surface area contributed by atoms with Gasteiger partial charge in [0.15, 0.2) is 0 Å². The summed E-state index contributed by atoms with van der Waals surface area (Å²) >= 11 is 0. The van der Waals surface area contributed by atoms with Crippen LogP contribution in [0.15, 0.2) is 24.3 Å². The highest BCUT2D eigenvalue weighted by molar-refractivity contribution is 5.44. The van der Waals surface area contributed by atoms with E-state index in [-0.39, 0.29) is 5.75 Å². The highest BCUT2D eigenvalue weighted by Gasteiger charge is 2.30. The van der Waals surface area contributed by atoms with Gasteiger partial charge in [-0.3, -0.25) is 0 Å². The number of alkyl halides is 3. The monoisotopic (exact) mass is 262 g/mol. The van der Waals surface area contributed by atoms with Gasteiger partial charge in [0.2, 0.25) is 0 Å². The third-order valence-electron chi connectivity index (χ3n) is 2.30. The molecule has 2 nitrogen and oxygen atoms in total. The molecule has 0 saturated heterocycles. The molecular formula is C13H17F3O2. The van der Waals surface area contributed by atoms with Gasteiger partial charge in [0, 0.05) is 0 Å². The lowest BCUT2D eigenvalue weighted by Crippen LogP contribution is -2.17. The molecule has 102 valence electrons. The molecule has 0 fully saturated rings. The van der Waals surface area contributed by atoms with Crippen molar-refractivity contribution in [3.8, 4) is 5.75 Å². The average molecular weight is 262 g/mol. The first-order valence-corrected chi connectivity index (χ1v) is 5.59. The van der Waals surface area contributed by atoms with E-state index in [1.165, 1.54) is 19.1 Å². The summed E-state index contributed by atoms with van der Waals surface area (Å²) in [6.45, 7) is 5.50. The van der Waals surface area contributed by atoms with Crippen molar-refractivity contribution < 1.29 is 22.7 Å². The van der Waals surface area contributed by atoms with Crippen LogP contribution in [0.4, 0.5) is 13.2 Å². The van der Waals surface area contributed by atoms with Gasteiger partial charge in [-0.25, -0.2) is 0 Å². The van der Waals surface area contributed by atoms with Crippen molar-refractivity contribution >= 4 is 6.29 Å². The summed E-state index contributed by atoms with van der Waals surface area (Å²) in [5.41, 5.74) is 1.02. The van der Waals surface area contributed by atoms with E-state index >= 15 is 0 Å². The number of ether oxygens (including phenoxy) is 1. The van der Waals surface area contributed by atoms with Gasteiger partial charge < -0.3 is 9.53 Å². The molecule has 1 unspecified atom stereocenters. The second-order valence-electron chi connectivity index (χ2n) is 3.66. The van der Waals surface area contributed by atoms with Crippen LogP contribution in [-0.2, 0) is 4.79 Å². The molecule has 5 heteroatoms. The number of aldehydes is 1. The third kappa shape index (κ3) is 6.93. The maximum absolute atomic E-state index is 11.8. The maximum atomic E-state index is 11.8. The van der Waals surface area contributed by atoms with Crippen molar-refractivity contribution in [2.24, 2.45) is 0 Å². The van der Waals surface area contributed by atoms with Crippen LogP contribution in [0, 0.1) is 0 Å². The van der Waals surface area contributed by atoms with Crippen molar-refractivity contribution in [2.75, 3.05) is 0 Å². The van der Waals surface area contributed by atoms with Gasteiger partial charge in [-0.1, -0.05) is 26.0 Å². The molecule has 0 aromatic heterocycles. The zero-order valence-electron chi connectivity index (χ0n) is 10.6. The SMILES string of the molecule is CC=O.CCC(C)c1ccc(OC(F)(F)F)cc1. The van der Waals surface area contributed by atoms with Crippen molar-refractivity contribution in [3.63, 3.8) is 0 Å².